The maximum atomic E-state index is 10.2. The monoisotopic (exact) mass is 209 g/mol. The van der Waals surface area contributed by atoms with Gasteiger partial charge in [-0.3, -0.25) is 4.90 Å². The van der Waals surface area contributed by atoms with Crippen LogP contribution in [0.25, 0.3) is 0 Å². The number of hydrogen-bond donors (Lipinski definition) is 1. The lowest BCUT2D eigenvalue weighted by Gasteiger charge is -2.51. The van der Waals surface area contributed by atoms with E-state index >= 15 is 0 Å². The van der Waals surface area contributed by atoms with Gasteiger partial charge in [0.1, 0.15) is 0 Å². The van der Waals surface area contributed by atoms with Crippen molar-refractivity contribution in [2.24, 2.45) is 5.92 Å². The fourth-order valence-electron chi connectivity index (χ4n) is 3.65. The average Bonchev–Trinajstić information content (AvgIpc) is 2.90. The molecule has 0 aromatic rings. The Balaban J connectivity index is 1.72. The molecule has 3 aliphatic rings. The summed E-state index contributed by atoms with van der Waals surface area (Å²) in [5.41, 5.74) is -0.379. The molecule has 3 rings (SSSR count). The lowest BCUT2D eigenvalue weighted by atomic mass is 9.76. The summed E-state index contributed by atoms with van der Waals surface area (Å²) >= 11 is 0. The highest BCUT2D eigenvalue weighted by atomic mass is 16.3. The normalized spacial score (nSPS) is 46.8. The molecule has 2 bridgehead atoms. The molecule has 0 unspecified atom stereocenters. The molecule has 2 heteroatoms. The first kappa shape index (κ1) is 10.1. The third-order valence-electron chi connectivity index (χ3n) is 4.53. The third kappa shape index (κ3) is 2.07. The van der Waals surface area contributed by atoms with Gasteiger partial charge in [0.15, 0.2) is 0 Å². The van der Waals surface area contributed by atoms with Crippen LogP contribution < -0.4 is 0 Å². The van der Waals surface area contributed by atoms with Gasteiger partial charge < -0.3 is 5.11 Å². The van der Waals surface area contributed by atoms with Crippen molar-refractivity contribution in [1.82, 2.24) is 4.90 Å². The standard InChI is InChI=1S/C13H23NO/c1-13(15)7-11-3-2-4-12(8-13)14(11)9-10-5-6-10/h10-12,15H,2-9H2,1H3/t11-,12-/m0/s1. The lowest BCUT2D eigenvalue weighted by Crippen LogP contribution is -2.57. The van der Waals surface area contributed by atoms with Crippen LogP contribution in [0.3, 0.4) is 0 Å². The summed E-state index contributed by atoms with van der Waals surface area (Å²) in [6.07, 6.45) is 8.94. The zero-order chi connectivity index (χ0) is 10.5. The topological polar surface area (TPSA) is 23.5 Å². The van der Waals surface area contributed by atoms with E-state index in [0.717, 1.165) is 18.8 Å². The van der Waals surface area contributed by atoms with E-state index < -0.39 is 0 Å². The molecule has 15 heavy (non-hydrogen) atoms. The van der Waals surface area contributed by atoms with E-state index in [1.807, 2.05) is 6.92 Å². The smallest absolute Gasteiger partial charge is 0.0649 e. The van der Waals surface area contributed by atoms with Crippen molar-refractivity contribution in [3.63, 3.8) is 0 Å². The Morgan fingerprint density at radius 1 is 1.13 bits per heavy atom. The van der Waals surface area contributed by atoms with Crippen molar-refractivity contribution in [3.05, 3.63) is 0 Å². The zero-order valence-electron chi connectivity index (χ0n) is 9.78. The SMILES string of the molecule is CC1(O)C[C@@H]2CCC[C@@H](C1)N2CC1CC1. The second kappa shape index (κ2) is 3.46. The minimum Gasteiger partial charge on any atom is -0.390 e. The van der Waals surface area contributed by atoms with E-state index in [-0.39, 0.29) is 5.60 Å². The molecule has 1 N–H and O–H groups in total. The molecule has 0 radical (unpaired) electrons. The Hall–Kier alpha value is -0.0800. The number of piperidine rings is 2. The molecule has 2 aliphatic heterocycles. The van der Waals surface area contributed by atoms with Gasteiger partial charge in [-0.15, -0.1) is 0 Å². The van der Waals surface area contributed by atoms with Crippen LogP contribution in [-0.4, -0.2) is 34.2 Å². The number of aliphatic hydroxyl groups is 1. The van der Waals surface area contributed by atoms with Crippen molar-refractivity contribution in [3.8, 4) is 0 Å². The lowest BCUT2D eigenvalue weighted by molar-refractivity contribution is -0.0827. The van der Waals surface area contributed by atoms with Crippen molar-refractivity contribution in [1.29, 1.82) is 0 Å². The first-order valence-electron chi connectivity index (χ1n) is 6.62. The second-order valence-corrected chi connectivity index (χ2v) is 6.28. The number of rotatable bonds is 2. The van der Waals surface area contributed by atoms with Gasteiger partial charge in [0.05, 0.1) is 5.60 Å². The molecule has 0 aromatic heterocycles. The Labute approximate surface area is 92.7 Å². The summed E-state index contributed by atoms with van der Waals surface area (Å²) < 4.78 is 0. The van der Waals surface area contributed by atoms with E-state index in [4.69, 9.17) is 0 Å². The minimum absolute atomic E-state index is 0.379. The highest BCUT2D eigenvalue weighted by Gasteiger charge is 2.44. The summed E-state index contributed by atoms with van der Waals surface area (Å²) in [5.74, 6) is 0.996. The quantitative estimate of drug-likeness (QED) is 0.753. The predicted molar refractivity (Wildman–Crippen MR) is 60.7 cm³/mol. The molecule has 2 saturated heterocycles. The first-order valence-corrected chi connectivity index (χ1v) is 6.62. The van der Waals surface area contributed by atoms with Crippen LogP contribution >= 0.6 is 0 Å². The molecule has 0 amide bonds. The van der Waals surface area contributed by atoms with Crippen molar-refractivity contribution >= 4 is 0 Å². The van der Waals surface area contributed by atoms with E-state index in [0.29, 0.717) is 12.1 Å². The maximum absolute atomic E-state index is 10.2. The zero-order valence-corrected chi connectivity index (χ0v) is 9.78. The van der Waals surface area contributed by atoms with E-state index in [1.165, 1.54) is 38.6 Å². The maximum Gasteiger partial charge on any atom is 0.0649 e. The Bertz CT molecular complexity index is 231. The Kier molecular flexibility index (Phi) is 2.33. The summed E-state index contributed by atoms with van der Waals surface area (Å²) in [5, 5.41) is 10.2. The van der Waals surface area contributed by atoms with E-state index in [9.17, 15) is 5.11 Å². The first-order chi connectivity index (χ1) is 7.14. The van der Waals surface area contributed by atoms with Crippen molar-refractivity contribution in [2.45, 2.75) is 69.6 Å². The molecule has 0 aromatic carbocycles. The molecule has 0 spiro atoms. The van der Waals surface area contributed by atoms with Gasteiger partial charge in [0.2, 0.25) is 0 Å². The van der Waals surface area contributed by atoms with Gasteiger partial charge in [-0.1, -0.05) is 6.42 Å². The van der Waals surface area contributed by atoms with Crippen LogP contribution in [0.15, 0.2) is 0 Å². The van der Waals surface area contributed by atoms with Gasteiger partial charge in [0, 0.05) is 18.6 Å². The number of hydrogen-bond acceptors (Lipinski definition) is 2. The average molecular weight is 209 g/mol. The molecular formula is C13H23NO. The Morgan fingerprint density at radius 3 is 2.27 bits per heavy atom. The second-order valence-electron chi connectivity index (χ2n) is 6.28. The van der Waals surface area contributed by atoms with Gasteiger partial charge in [0.25, 0.3) is 0 Å². The van der Waals surface area contributed by atoms with Crippen LogP contribution in [0.1, 0.15) is 51.9 Å². The van der Waals surface area contributed by atoms with E-state index in [2.05, 4.69) is 4.90 Å². The molecule has 1 aliphatic carbocycles. The highest BCUT2D eigenvalue weighted by molar-refractivity contribution is 4.99. The molecule has 1 saturated carbocycles. The van der Waals surface area contributed by atoms with Gasteiger partial charge in [-0.25, -0.2) is 0 Å². The third-order valence-corrected chi connectivity index (χ3v) is 4.53. The Morgan fingerprint density at radius 2 is 1.73 bits per heavy atom. The largest absolute Gasteiger partial charge is 0.390 e. The number of fused-ring (bicyclic) bond motifs is 2. The fraction of sp³-hybridized carbons (Fsp3) is 1.00. The molecule has 2 nitrogen and oxygen atoms in total. The van der Waals surface area contributed by atoms with Crippen LogP contribution in [-0.2, 0) is 0 Å². The fourth-order valence-corrected chi connectivity index (χ4v) is 3.65. The van der Waals surface area contributed by atoms with Crippen LogP contribution in [0.4, 0.5) is 0 Å². The summed E-state index contributed by atoms with van der Waals surface area (Å²) in [6, 6.07) is 1.38. The van der Waals surface area contributed by atoms with Gasteiger partial charge in [-0.2, -0.15) is 0 Å². The van der Waals surface area contributed by atoms with E-state index in [1.54, 1.807) is 0 Å². The number of nitrogens with zero attached hydrogens (tertiary/aromatic N) is 1. The van der Waals surface area contributed by atoms with Crippen LogP contribution in [0.2, 0.25) is 0 Å². The van der Waals surface area contributed by atoms with Gasteiger partial charge in [-0.05, 0) is 51.4 Å². The minimum atomic E-state index is -0.379. The molecular weight excluding hydrogens is 186 g/mol. The predicted octanol–water partition coefficient (Wildman–Crippen LogP) is 2.16. The van der Waals surface area contributed by atoms with Gasteiger partial charge >= 0.3 is 0 Å². The summed E-state index contributed by atoms with van der Waals surface area (Å²) in [6.45, 7) is 3.36. The summed E-state index contributed by atoms with van der Waals surface area (Å²) in [7, 11) is 0. The summed E-state index contributed by atoms with van der Waals surface area (Å²) in [4.78, 5) is 2.74. The molecule has 86 valence electrons. The molecule has 2 heterocycles. The van der Waals surface area contributed by atoms with Crippen molar-refractivity contribution < 1.29 is 5.11 Å². The van der Waals surface area contributed by atoms with Crippen LogP contribution in [0, 0.1) is 5.92 Å². The molecule has 3 fully saturated rings. The molecule has 2 atom stereocenters. The highest BCUT2D eigenvalue weighted by Crippen LogP contribution is 2.41. The van der Waals surface area contributed by atoms with Crippen molar-refractivity contribution in [2.75, 3.05) is 6.54 Å². The van der Waals surface area contributed by atoms with Crippen LogP contribution in [0.5, 0.6) is 0 Å².